The zero-order valence-corrected chi connectivity index (χ0v) is 12.8. The molecular weight excluding hydrogens is 342 g/mol. The first kappa shape index (κ1) is 13.6. The van der Waals surface area contributed by atoms with Crippen LogP contribution in [0.2, 0.25) is 0 Å². The molecule has 0 aromatic carbocycles. The summed E-state index contributed by atoms with van der Waals surface area (Å²) in [5.74, 6) is 0. The zero-order valence-electron chi connectivity index (χ0n) is 8.85. The Bertz CT molecular complexity index is 284. The molecule has 1 aromatic rings. The molecular formula is C10H15Br2NOS. The van der Waals surface area contributed by atoms with Crippen LogP contribution in [-0.2, 0) is 11.3 Å². The van der Waals surface area contributed by atoms with Crippen molar-refractivity contribution in [2.24, 2.45) is 0 Å². The van der Waals surface area contributed by atoms with E-state index in [0.717, 1.165) is 27.8 Å². The molecule has 15 heavy (non-hydrogen) atoms. The molecule has 0 aliphatic carbocycles. The first-order chi connectivity index (χ1) is 7.17. The van der Waals surface area contributed by atoms with E-state index >= 15 is 0 Å². The van der Waals surface area contributed by atoms with Crippen molar-refractivity contribution in [3.8, 4) is 0 Å². The van der Waals surface area contributed by atoms with E-state index in [0.29, 0.717) is 6.04 Å². The van der Waals surface area contributed by atoms with Crippen LogP contribution in [0, 0.1) is 0 Å². The van der Waals surface area contributed by atoms with Gasteiger partial charge in [-0.25, -0.2) is 0 Å². The highest BCUT2D eigenvalue weighted by Crippen LogP contribution is 2.32. The second-order valence-corrected chi connectivity index (χ2v) is 6.58. The maximum atomic E-state index is 5.13. The molecule has 1 aromatic heterocycles. The van der Waals surface area contributed by atoms with Crippen LogP contribution in [0.25, 0.3) is 0 Å². The molecule has 86 valence electrons. The average molecular weight is 357 g/mol. The molecule has 0 aliphatic heterocycles. The number of halogens is 2. The average Bonchev–Trinajstić information content (AvgIpc) is 2.53. The fourth-order valence-electron chi connectivity index (χ4n) is 1.25. The molecule has 2 nitrogen and oxygen atoms in total. The SMILES string of the molecule is CCC(COC)NCc1cc(Br)c(Br)s1. The minimum Gasteiger partial charge on any atom is -0.383 e. The van der Waals surface area contributed by atoms with E-state index < -0.39 is 0 Å². The van der Waals surface area contributed by atoms with E-state index in [2.05, 4.69) is 50.2 Å². The van der Waals surface area contributed by atoms with E-state index in [4.69, 9.17) is 4.74 Å². The van der Waals surface area contributed by atoms with Crippen molar-refractivity contribution in [2.75, 3.05) is 13.7 Å². The van der Waals surface area contributed by atoms with Gasteiger partial charge in [0.25, 0.3) is 0 Å². The van der Waals surface area contributed by atoms with Crippen LogP contribution in [0.4, 0.5) is 0 Å². The summed E-state index contributed by atoms with van der Waals surface area (Å²) in [5.41, 5.74) is 0. The minimum atomic E-state index is 0.439. The van der Waals surface area contributed by atoms with E-state index in [1.807, 2.05) is 0 Å². The Morgan fingerprint density at radius 2 is 2.27 bits per heavy atom. The predicted molar refractivity (Wildman–Crippen MR) is 72.5 cm³/mol. The van der Waals surface area contributed by atoms with E-state index in [1.165, 1.54) is 4.88 Å². The van der Waals surface area contributed by atoms with Gasteiger partial charge in [-0.2, -0.15) is 0 Å². The smallest absolute Gasteiger partial charge is 0.0843 e. The molecule has 1 N–H and O–H groups in total. The lowest BCUT2D eigenvalue weighted by atomic mass is 10.2. The van der Waals surface area contributed by atoms with Crippen molar-refractivity contribution in [3.05, 3.63) is 19.2 Å². The molecule has 1 heterocycles. The minimum absolute atomic E-state index is 0.439. The van der Waals surface area contributed by atoms with Crippen molar-refractivity contribution in [3.63, 3.8) is 0 Å². The van der Waals surface area contributed by atoms with Gasteiger partial charge in [-0.1, -0.05) is 6.92 Å². The number of nitrogens with one attached hydrogen (secondary N) is 1. The summed E-state index contributed by atoms with van der Waals surface area (Å²) in [6.07, 6.45) is 1.08. The Balaban J connectivity index is 2.41. The summed E-state index contributed by atoms with van der Waals surface area (Å²) in [6.45, 7) is 3.83. The quantitative estimate of drug-likeness (QED) is 0.837. The number of methoxy groups -OCH3 is 1. The van der Waals surface area contributed by atoms with Gasteiger partial charge in [-0.05, 0) is 44.3 Å². The summed E-state index contributed by atoms with van der Waals surface area (Å²) in [5, 5.41) is 3.47. The molecule has 1 unspecified atom stereocenters. The van der Waals surface area contributed by atoms with Gasteiger partial charge in [0.05, 0.1) is 10.4 Å². The molecule has 0 amide bonds. The van der Waals surface area contributed by atoms with Gasteiger partial charge in [0, 0.05) is 29.0 Å². The highest BCUT2D eigenvalue weighted by Gasteiger charge is 2.07. The van der Waals surface area contributed by atoms with Crippen LogP contribution in [-0.4, -0.2) is 19.8 Å². The van der Waals surface area contributed by atoms with Crippen molar-refractivity contribution in [1.29, 1.82) is 0 Å². The maximum Gasteiger partial charge on any atom is 0.0843 e. The molecule has 1 rings (SSSR count). The first-order valence-electron chi connectivity index (χ1n) is 4.83. The monoisotopic (exact) mass is 355 g/mol. The largest absolute Gasteiger partial charge is 0.383 e. The van der Waals surface area contributed by atoms with Crippen molar-refractivity contribution >= 4 is 43.2 Å². The van der Waals surface area contributed by atoms with Crippen LogP contribution < -0.4 is 5.32 Å². The van der Waals surface area contributed by atoms with Crippen molar-refractivity contribution in [1.82, 2.24) is 5.32 Å². The Labute approximate surface area is 112 Å². The Morgan fingerprint density at radius 1 is 1.53 bits per heavy atom. The Hall–Kier alpha value is 0.580. The van der Waals surface area contributed by atoms with Crippen LogP contribution in [0.3, 0.4) is 0 Å². The molecule has 1 atom stereocenters. The molecule has 0 fully saturated rings. The summed E-state index contributed by atoms with van der Waals surface area (Å²) in [6, 6.07) is 2.58. The standard InChI is InChI=1S/C10H15Br2NOS/c1-3-7(6-14-2)13-5-8-4-9(11)10(12)15-8/h4,7,13H,3,5-6H2,1-2H3. The lowest BCUT2D eigenvalue weighted by Gasteiger charge is -2.14. The molecule has 5 heteroatoms. The van der Waals surface area contributed by atoms with Gasteiger partial charge in [0.2, 0.25) is 0 Å². The second kappa shape index (κ2) is 7.01. The number of hydrogen-bond donors (Lipinski definition) is 1. The van der Waals surface area contributed by atoms with Crippen LogP contribution in [0.15, 0.2) is 14.3 Å². The summed E-state index contributed by atoms with van der Waals surface area (Å²) in [7, 11) is 1.74. The molecule has 0 aliphatic rings. The van der Waals surface area contributed by atoms with Crippen LogP contribution >= 0.6 is 43.2 Å². The summed E-state index contributed by atoms with van der Waals surface area (Å²) in [4.78, 5) is 1.32. The first-order valence-corrected chi connectivity index (χ1v) is 7.23. The van der Waals surface area contributed by atoms with E-state index in [-0.39, 0.29) is 0 Å². The van der Waals surface area contributed by atoms with E-state index in [1.54, 1.807) is 18.4 Å². The summed E-state index contributed by atoms with van der Waals surface area (Å²) < 4.78 is 7.42. The van der Waals surface area contributed by atoms with Gasteiger partial charge in [-0.3, -0.25) is 0 Å². The lowest BCUT2D eigenvalue weighted by Crippen LogP contribution is -2.31. The maximum absolute atomic E-state index is 5.13. The second-order valence-electron chi connectivity index (χ2n) is 3.28. The predicted octanol–water partition coefficient (Wildman–Crippen LogP) is 3.79. The highest BCUT2D eigenvalue weighted by molar-refractivity contribution is 9.13. The zero-order chi connectivity index (χ0) is 11.3. The Kier molecular flexibility index (Phi) is 6.38. The number of ether oxygens (including phenoxy) is 1. The van der Waals surface area contributed by atoms with Gasteiger partial charge in [-0.15, -0.1) is 11.3 Å². The lowest BCUT2D eigenvalue weighted by molar-refractivity contribution is 0.164. The van der Waals surface area contributed by atoms with Crippen molar-refractivity contribution < 1.29 is 4.74 Å². The number of rotatable bonds is 6. The summed E-state index contributed by atoms with van der Waals surface area (Å²) >= 11 is 8.72. The topological polar surface area (TPSA) is 21.3 Å². The fraction of sp³-hybridized carbons (Fsp3) is 0.600. The van der Waals surface area contributed by atoms with Gasteiger partial charge < -0.3 is 10.1 Å². The van der Waals surface area contributed by atoms with Gasteiger partial charge >= 0.3 is 0 Å². The highest BCUT2D eigenvalue weighted by atomic mass is 79.9. The third-order valence-corrected chi connectivity index (χ3v) is 5.38. The molecule has 0 saturated carbocycles. The number of thiophene rings is 1. The van der Waals surface area contributed by atoms with Crippen molar-refractivity contribution in [2.45, 2.75) is 25.9 Å². The molecule has 0 bridgehead atoms. The van der Waals surface area contributed by atoms with Gasteiger partial charge in [0.15, 0.2) is 0 Å². The fourth-order valence-corrected chi connectivity index (χ4v) is 3.37. The molecule has 0 saturated heterocycles. The normalized spacial score (nSPS) is 13.1. The van der Waals surface area contributed by atoms with E-state index in [9.17, 15) is 0 Å². The van der Waals surface area contributed by atoms with Crippen LogP contribution in [0.5, 0.6) is 0 Å². The molecule has 0 spiro atoms. The Morgan fingerprint density at radius 3 is 2.73 bits per heavy atom. The van der Waals surface area contributed by atoms with Crippen LogP contribution in [0.1, 0.15) is 18.2 Å². The third-order valence-electron chi connectivity index (χ3n) is 2.12. The number of hydrogen-bond acceptors (Lipinski definition) is 3. The third kappa shape index (κ3) is 4.53. The van der Waals surface area contributed by atoms with Gasteiger partial charge in [0.1, 0.15) is 0 Å². The molecule has 0 radical (unpaired) electrons.